The molecule has 0 amide bonds. The number of sulfonamides is 1. The highest BCUT2D eigenvalue weighted by molar-refractivity contribution is 7.88. The Hall–Kier alpha value is -0.910. The molecular formula is C15H24N2O2S. The van der Waals surface area contributed by atoms with Crippen LogP contribution in [0.25, 0.3) is 0 Å². The predicted molar refractivity (Wildman–Crippen MR) is 81.5 cm³/mol. The van der Waals surface area contributed by atoms with Crippen LogP contribution >= 0.6 is 0 Å². The van der Waals surface area contributed by atoms with Gasteiger partial charge in [-0.3, -0.25) is 0 Å². The van der Waals surface area contributed by atoms with Gasteiger partial charge in [0.05, 0.1) is 5.75 Å². The number of nitrogens with one attached hydrogen (secondary N) is 1. The van der Waals surface area contributed by atoms with Gasteiger partial charge in [0.25, 0.3) is 0 Å². The highest BCUT2D eigenvalue weighted by Gasteiger charge is 2.17. The van der Waals surface area contributed by atoms with E-state index in [1.165, 1.54) is 25.7 Å². The van der Waals surface area contributed by atoms with E-state index in [0.717, 1.165) is 17.5 Å². The summed E-state index contributed by atoms with van der Waals surface area (Å²) in [4.78, 5) is 0. The van der Waals surface area contributed by atoms with E-state index in [0.29, 0.717) is 19.0 Å². The third-order valence-electron chi connectivity index (χ3n) is 4.03. The molecule has 1 aromatic carbocycles. The molecule has 2 rings (SSSR count). The Morgan fingerprint density at radius 3 is 2.45 bits per heavy atom. The second-order valence-corrected chi connectivity index (χ2v) is 7.37. The van der Waals surface area contributed by atoms with Crippen LogP contribution in [-0.2, 0) is 22.3 Å². The minimum Gasteiger partial charge on any atom is -0.326 e. The maximum Gasteiger partial charge on any atom is 0.215 e. The van der Waals surface area contributed by atoms with Crippen LogP contribution in [0.2, 0.25) is 0 Å². The SMILES string of the molecule is NCc1ccccc1CS(=O)(=O)NCCC1CCCC1. The molecule has 1 aliphatic rings. The van der Waals surface area contributed by atoms with E-state index in [1.807, 2.05) is 24.3 Å². The Morgan fingerprint density at radius 1 is 1.15 bits per heavy atom. The third-order valence-corrected chi connectivity index (χ3v) is 5.37. The monoisotopic (exact) mass is 296 g/mol. The summed E-state index contributed by atoms with van der Waals surface area (Å²) in [5.74, 6) is 0.722. The van der Waals surface area contributed by atoms with Crippen molar-refractivity contribution in [3.63, 3.8) is 0 Å². The molecule has 5 heteroatoms. The van der Waals surface area contributed by atoms with Gasteiger partial charge in [-0.2, -0.15) is 0 Å². The second kappa shape index (κ2) is 7.20. The zero-order valence-corrected chi connectivity index (χ0v) is 12.7. The van der Waals surface area contributed by atoms with E-state index in [2.05, 4.69) is 4.72 Å². The second-order valence-electron chi connectivity index (χ2n) is 5.57. The molecule has 0 radical (unpaired) electrons. The van der Waals surface area contributed by atoms with Gasteiger partial charge in [-0.05, 0) is 23.5 Å². The zero-order valence-electron chi connectivity index (χ0n) is 11.8. The van der Waals surface area contributed by atoms with Gasteiger partial charge < -0.3 is 5.73 Å². The van der Waals surface area contributed by atoms with Crippen LogP contribution in [0.15, 0.2) is 24.3 Å². The van der Waals surface area contributed by atoms with Gasteiger partial charge in [-0.1, -0.05) is 49.9 Å². The summed E-state index contributed by atoms with van der Waals surface area (Å²) in [6.45, 7) is 0.922. The van der Waals surface area contributed by atoms with E-state index < -0.39 is 10.0 Å². The van der Waals surface area contributed by atoms with E-state index in [9.17, 15) is 8.42 Å². The summed E-state index contributed by atoms with van der Waals surface area (Å²) < 4.78 is 26.9. The molecule has 4 nitrogen and oxygen atoms in total. The first-order chi connectivity index (χ1) is 9.61. The first-order valence-corrected chi connectivity index (χ1v) is 9.00. The van der Waals surface area contributed by atoms with Gasteiger partial charge >= 0.3 is 0 Å². The number of hydrogen-bond donors (Lipinski definition) is 2. The normalized spacial score (nSPS) is 16.6. The minimum atomic E-state index is -3.26. The van der Waals surface area contributed by atoms with E-state index in [1.54, 1.807) is 0 Å². The number of benzene rings is 1. The van der Waals surface area contributed by atoms with Crippen LogP contribution in [0, 0.1) is 5.92 Å². The van der Waals surface area contributed by atoms with Crippen molar-refractivity contribution < 1.29 is 8.42 Å². The zero-order chi connectivity index (χ0) is 14.4. The van der Waals surface area contributed by atoms with Crippen molar-refractivity contribution in [2.75, 3.05) is 6.54 Å². The van der Waals surface area contributed by atoms with Gasteiger partial charge in [-0.25, -0.2) is 13.1 Å². The Morgan fingerprint density at radius 2 is 1.80 bits per heavy atom. The summed E-state index contributed by atoms with van der Waals surface area (Å²) in [6.07, 6.45) is 6.04. The lowest BCUT2D eigenvalue weighted by molar-refractivity contribution is 0.495. The molecule has 0 aliphatic heterocycles. The van der Waals surface area contributed by atoms with Crippen LogP contribution in [0.3, 0.4) is 0 Å². The maximum absolute atomic E-state index is 12.1. The minimum absolute atomic E-state index is 0.0189. The van der Waals surface area contributed by atoms with Crippen molar-refractivity contribution in [1.82, 2.24) is 4.72 Å². The summed E-state index contributed by atoms with van der Waals surface area (Å²) in [5, 5.41) is 0. The van der Waals surface area contributed by atoms with Crippen LogP contribution in [-0.4, -0.2) is 15.0 Å². The van der Waals surface area contributed by atoms with Gasteiger partial charge in [0, 0.05) is 13.1 Å². The molecule has 3 N–H and O–H groups in total. The van der Waals surface area contributed by atoms with Crippen molar-refractivity contribution in [2.24, 2.45) is 11.7 Å². The van der Waals surface area contributed by atoms with Crippen LogP contribution < -0.4 is 10.5 Å². The molecule has 0 saturated heterocycles. The molecule has 1 aromatic rings. The lowest BCUT2D eigenvalue weighted by Gasteiger charge is -2.12. The number of rotatable bonds is 7. The average Bonchev–Trinajstić information content (AvgIpc) is 2.92. The molecule has 1 fully saturated rings. The Balaban J connectivity index is 1.86. The molecular weight excluding hydrogens is 272 g/mol. The Kier molecular flexibility index (Phi) is 5.57. The number of nitrogens with two attached hydrogens (primary N) is 1. The Labute approximate surface area is 121 Å². The first-order valence-electron chi connectivity index (χ1n) is 7.35. The first kappa shape index (κ1) is 15.5. The fraction of sp³-hybridized carbons (Fsp3) is 0.600. The molecule has 0 spiro atoms. The molecule has 0 aromatic heterocycles. The smallest absolute Gasteiger partial charge is 0.215 e. The van der Waals surface area contributed by atoms with Gasteiger partial charge in [0.15, 0.2) is 0 Å². The lowest BCUT2D eigenvalue weighted by atomic mass is 10.1. The highest BCUT2D eigenvalue weighted by Crippen LogP contribution is 2.27. The molecule has 1 aliphatic carbocycles. The molecule has 1 saturated carbocycles. The fourth-order valence-corrected chi connectivity index (χ4v) is 4.09. The summed E-state index contributed by atoms with van der Waals surface area (Å²) in [6, 6.07) is 7.44. The Bertz CT molecular complexity index is 522. The summed E-state index contributed by atoms with van der Waals surface area (Å²) >= 11 is 0. The molecule has 0 unspecified atom stereocenters. The van der Waals surface area contributed by atoms with Gasteiger partial charge in [0.1, 0.15) is 0 Å². The predicted octanol–water partition coefficient (Wildman–Crippen LogP) is 2.14. The maximum atomic E-state index is 12.1. The topological polar surface area (TPSA) is 72.2 Å². The molecule has 20 heavy (non-hydrogen) atoms. The average molecular weight is 296 g/mol. The van der Waals surface area contributed by atoms with E-state index in [4.69, 9.17) is 5.73 Å². The van der Waals surface area contributed by atoms with Crippen molar-refractivity contribution in [2.45, 2.75) is 44.4 Å². The highest BCUT2D eigenvalue weighted by atomic mass is 32.2. The lowest BCUT2D eigenvalue weighted by Crippen LogP contribution is -2.27. The fourth-order valence-electron chi connectivity index (χ4n) is 2.87. The van der Waals surface area contributed by atoms with Gasteiger partial charge in [-0.15, -0.1) is 0 Å². The van der Waals surface area contributed by atoms with Crippen molar-refractivity contribution in [3.8, 4) is 0 Å². The number of hydrogen-bond acceptors (Lipinski definition) is 3. The summed E-state index contributed by atoms with van der Waals surface area (Å²) in [5.41, 5.74) is 7.33. The van der Waals surface area contributed by atoms with Crippen molar-refractivity contribution >= 4 is 10.0 Å². The molecule has 0 atom stereocenters. The quantitative estimate of drug-likeness (QED) is 0.809. The molecule has 112 valence electrons. The molecule has 0 bridgehead atoms. The van der Waals surface area contributed by atoms with E-state index >= 15 is 0 Å². The van der Waals surface area contributed by atoms with Gasteiger partial charge in [0.2, 0.25) is 10.0 Å². The largest absolute Gasteiger partial charge is 0.326 e. The summed E-state index contributed by atoms with van der Waals surface area (Å²) in [7, 11) is -3.26. The van der Waals surface area contributed by atoms with Crippen LogP contribution in [0.4, 0.5) is 0 Å². The van der Waals surface area contributed by atoms with Crippen molar-refractivity contribution in [3.05, 3.63) is 35.4 Å². The standard InChI is InChI=1S/C15H24N2O2S/c16-11-14-7-3-4-8-15(14)12-20(18,19)17-10-9-13-5-1-2-6-13/h3-4,7-8,13,17H,1-2,5-6,9-12,16H2. The van der Waals surface area contributed by atoms with E-state index in [-0.39, 0.29) is 5.75 Å². The molecule has 0 heterocycles. The third kappa shape index (κ3) is 4.58. The van der Waals surface area contributed by atoms with Crippen LogP contribution in [0.5, 0.6) is 0 Å². The van der Waals surface area contributed by atoms with Crippen LogP contribution in [0.1, 0.15) is 43.2 Å². The van der Waals surface area contributed by atoms with Crippen molar-refractivity contribution in [1.29, 1.82) is 0 Å².